The molecule has 0 saturated carbocycles. The predicted octanol–water partition coefficient (Wildman–Crippen LogP) is 2.33. The first-order valence-electron chi connectivity index (χ1n) is 9.56. The minimum absolute atomic E-state index is 0.0818. The van der Waals surface area contributed by atoms with Crippen LogP contribution in [0.5, 0.6) is 0 Å². The zero-order valence-electron chi connectivity index (χ0n) is 16.0. The molecule has 1 aliphatic heterocycles. The molecule has 1 saturated heterocycles. The molecule has 0 aromatic heterocycles. The van der Waals surface area contributed by atoms with Crippen molar-refractivity contribution in [1.82, 2.24) is 9.62 Å². The van der Waals surface area contributed by atoms with Gasteiger partial charge < -0.3 is 10.2 Å². The Labute approximate surface area is 171 Å². The first-order chi connectivity index (χ1) is 14.0. The Morgan fingerprint density at radius 3 is 2.34 bits per heavy atom. The third-order valence-electron chi connectivity index (χ3n) is 4.92. The SMILES string of the molecule is N#Cc1ccc(NC(=O)CCN2CCC(NS(=O)(=O)c3ccccc3)CC2)cc1. The molecule has 7 nitrogen and oxygen atoms in total. The van der Waals surface area contributed by atoms with Crippen LogP contribution in [0.3, 0.4) is 0 Å². The van der Waals surface area contributed by atoms with E-state index in [9.17, 15) is 13.2 Å². The van der Waals surface area contributed by atoms with Crippen LogP contribution in [0.4, 0.5) is 5.69 Å². The van der Waals surface area contributed by atoms with Crippen LogP contribution in [0.1, 0.15) is 24.8 Å². The van der Waals surface area contributed by atoms with Crippen LogP contribution in [-0.2, 0) is 14.8 Å². The predicted molar refractivity (Wildman–Crippen MR) is 111 cm³/mol. The number of anilines is 1. The fourth-order valence-electron chi connectivity index (χ4n) is 3.27. The van der Waals surface area contributed by atoms with Gasteiger partial charge in [-0.25, -0.2) is 13.1 Å². The van der Waals surface area contributed by atoms with Crippen LogP contribution in [0.15, 0.2) is 59.5 Å². The molecular weight excluding hydrogens is 388 g/mol. The molecule has 1 aliphatic rings. The van der Waals surface area contributed by atoms with E-state index in [1.54, 1.807) is 54.6 Å². The van der Waals surface area contributed by atoms with E-state index in [1.807, 2.05) is 6.07 Å². The number of rotatable bonds is 7. The molecule has 2 aromatic carbocycles. The first-order valence-corrected chi connectivity index (χ1v) is 11.0. The van der Waals surface area contributed by atoms with Gasteiger partial charge in [-0.1, -0.05) is 18.2 Å². The highest BCUT2D eigenvalue weighted by Crippen LogP contribution is 2.15. The number of benzene rings is 2. The number of nitrogens with one attached hydrogen (secondary N) is 2. The van der Waals surface area contributed by atoms with Crippen LogP contribution in [0.2, 0.25) is 0 Å². The quantitative estimate of drug-likeness (QED) is 0.727. The van der Waals surface area contributed by atoms with E-state index in [0.29, 0.717) is 37.1 Å². The second-order valence-electron chi connectivity index (χ2n) is 7.04. The molecule has 0 atom stereocenters. The fourth-order valence-corrected chi connectivity index (χ4v) is 4.60. The van der Waals surface area contributed by atoms with E-state index in [2.05, 4.69) is 14.9 Å². The second kappa shape index (κ2) is 9.65. The number of likely N-dealkylation sites (tertiary alicyclic amines) is 1. The topological polar surface area (TPSA) is 102 Å². The number of sulfonamides is 1. The lowest BCUT2D eigenvalue weighted by atomic mass is 10.1. The highest BCUT2D eigenvalue weighted by atomic mass is 32.2. The molecule has 152 valence electrons. The minimum Gasteiger partial charge on any atom is -0.326 e. The summed E-state index contributed by atoms with van der Waals surface area (Å²) in [6.07, 6.45) is 1.78. The van der Waals surface area contributed by atoms with Crippen molar-refractivity contribution in [3.05, 3.63) is 60.2 Å². The van der Waals surface area contributed by atoms with Crippen LogP contribution in [-0.4, -0.2) is 44.9 Å². The van der Waals surface area contributed by atoms with Gasteiger partial charge in [-0.2, -0.15) is 5.26 Å². The second-order valence-corrected chi connectivity index (χ2v) is 8.75. The van der Waals surface area contributed by atoms with Gasteiger partial charge in [-0.05, 0) is 62.3 Å². The lowest BCUT2D eigenvalue weighted by molar-refractivity contribution is -0.116. The van der Waals surface area contributed by atoms with Crippen LogP contribution in [0.25, 0.3) is 0 Å². The van der Waals surface area contributed by atoms with Gasteiger partial charge in [0.05, 0.1) is 16.5 Å². The van der Waals surface area contributed by atoms with Crippen molar-refractivity contribution < 1.29 is 13.2 Å². The summed E-state index contributed by atoms with van der Waals surface area (Å²) in [4.78, 5) is 14.6. The van der Waals surface area contributed by atoms with Gasteiger partial charge in [0.15, 0.2) is 0 Å². The van der Waals surface area contributed by atoms with Gasteiger partial charge in [-0.15, -0.1) is 0 Å². The zero-order chi connectivity index (χ0) is 20.7. The number of carbonyl (C=O) groups excluding carboxylic acids is 1. The van der Waals surface area contributed by atoms with Crippen molar-refractivity contribution >= 4 is 21.6 Å². The third kappa shape index (κ3) is 6.12. The summed E-state index contributed by atoms with van der Waals surface area (Å²) in [6, 6.07) is 17.1. The van der Waals surface area contributed by atoms with Crippen LogP contribution >= 0.6 is 0 Å². The molecule has 0 aliphatic carbocycles. The zero-order valence-corrected chi connectivity index (χ0v) is 16.9. The largest absolute Gasteiger partial charge is 0.326 e. The van der Waals surface area contributed by atoms with E-state index in [0.717, 1.165) is 13.1 Å². The standard InChI is InChI=1S/C21H24N4O3S/c22-16-17-6-8-18(9-7-17)23-21(26)12-15-25-13-10-19(11-14-25)24-29(27,28)20-4-2-1-3-5-20/h1-9,19,24H,10-15H2,(H,23,26). The van der Waals surface area contributed by atoms with Crippen molar-refractivity contribution in [2.24, 2.45) is 0 Å². The van der Waals surface area contributed by atoms with Crippen LogP contribution in [0, 0.1) is 11.3 Å². The van der Waals surface area contributed by atoms with Gasteiger partial charge in [0.1, 0.15) is 0 Å². The molecule has 2 aromatic rings. The molecule has 2 N–H and O–H groups in total. The summed E-state index contributed by atoms with van der Waals surface area (Å²) < 4.78 is 27.6. The lowest BCUT2D eigenvalue weighted by Crippen LogP contribution is -2.45. The average molecular weight is 413 g/mol. The molecule has 1 amide bonds. The van der Waals surface area contributed by atoms with Gasteiger partial charge in [0, 0.05) is 24.7 Å². The maximum Gasteiger partial charge on any atom is 0.240 e. The molecule has 1 heterocycles. The molecule has 29 heavy (non-hydrogen) atoms. The number of nitriles is 1. The fraction of sp³-hybridized carbons (Fsp3) is 0.333. The van der Waals surface area contributed by atoms with Crippen molar-refractivity contribution in [2.45, 2.75) is 30.2 Å². The van der Waals surface area contributed by atoms with Crippen molar-refractivity contribution in [1.29, 1.82) is 5.26 Å². The Kier molecular flexibility index (Phi) is 6.99. The first kappa shape index (κ1) is 21.0. The van der Waals surface area contributed by atoms with Gasteiger partial charge in [0.2, 0.25) is 15.9 Å². The van der Waals surface area contributed by atoms with Crippen molar-refractivity contribution in [3.63, 3.8) is 0 Å². The Hall–Kier alpha value is -2.73. The number of amides is 1. The molecule has 0 bridgehead atoms. The van der Waals surface area contributed by atoms with Crippen molar-refractivity contribution in [3.8, 4) is 6.07 Å². The maximum atomic E-state index is 12.4. The van der Waals surface area contributed by atoms with E-state index in [-0.39, 0.29) is 16.8 Å². The maximum absolute atomic E-state index is 12.4. The van der Waals surface area contributed by atoms with Crippen LogP contribution < -0.4 is 10.0 Å². The Balaban J connectivity index is 1.40. The average Bonchev–Trinajstić information content (AvgIpc) is 2.74. The number of hydrogen-bond donors (Lipinski definition) is 2. The van der Waals surface area contributed by atoms with Gasteiger partial charge in [0.25, 0.3) is 0 Å². The molecule has 8 heteroatoms. The number of hydrogen-bond acceptors (Lipinski definition) is 5. The number of nitrogens with zero attached hydrogens (tertiary/aromatic N) is 2. The summed E-state index contributed by atoms with van der Waals surface area (Å²) in [5, 5.41) is 11.6. The summed E-state index contributed by atoms with van der Waals surface area (Å²) in [5.74, 6) is -0.0818. The minimum atomic E-state index is -3.50. The number of carbonyl (C=O) groups is 1. The normalized spacial score (nSPS) is 15.6. The third-order valence-corrected chi connectivity index (χ3v) is 6.45. The summed E-state index contributed by atoms with van der Waals surface area (Å²) >= 11 is 0. The number of piperidine rings is 1. The highest BCUT2D eigenvalue weighted by Gasteiger charge is 2.24. The Morgan fingerprint density at radius 2 is 1.72 bits per heavy atom. The molecular formula is C21H24N4O3S. The van der Waals surface area contributed by atoms with Gasteiger partial charge >= 0.3 is 0 Å². The summed E-state index contributed by atoms with van der Waals surface area (Å²) in [6.45, 7) is 2.11. The summed E-state index contributed by atoms with van der Waals surface area (Å²) in [7, 11) is -3.50. The molecule has 0 unspecified atom stereocenters. The molecule has 0 spiro atoms. The van der Waals surface area contributed by atoms with Gasteiger partial charge in [-0.3, -0.25) is 4.79 Å². The molecule has 3 rings (SSSR count). The highest BCUT2D eigenvalue weighted by molar-refractivity contribution is 7.89. The van der Waals surface area contributed by atoms with E-state index < -0.39 is 10.0 Å². The van der Waals surface area contributed by atoms with E-state index in [1.165, 1.54) is 0 Å². The smallest absolute Gasteiger partial charge is 0.240 e. The Morgan fingerprint density at radius 1 is 1.07 bits per heavy atom. The lowest BCUT2D eigenvalue weighted by Gasteiger charge is -2.32. The monoisotopic (exact) mass is 412 g/mol. The Bertz CT molecular complexity index is 961. The summed E-state index contributed by atoms with van der Waals surface area (Å²) in [5.41, 5.74) is 1.22. The van der Waals surface area contributed by atoms with E-state index >= 15 is 0 Å². The van der Waals surface area contributed by atoms with Crippen molar-refractivity contribution in [2.75, 3.05) is 25.0 Å². The molecule has 0 radical (unpaired) electrons. The molecule has 1 fully saturated rings. The van der Waals surface area contributed by atoms with E-state index in [4.69, 9.17) is 5.26 Å².